The first-order valence-corrected chi connectivity index (χ1v) is 8.96. The Morgan fingerprint density at radius 3 is 2.42 bits per heavy atom. The fourth-order valence-electron chi connectivity index (χ4n) is 4.04. The first-order valence-electron chi connectivity index (χ1n) is 8.96. The van der Waals surface area contributed by atoms with Crippen LogP contribution in [0.4, 0.5) is 8.78 Å². The quantitative estimate of drug-likeness (QED) is 0.533. The molecule has 1 nitrogen and oxygen atoms in total. The standard InChI is InChI=1S/C23H19F2N/c1-2-18-22(24)12-21-19-9-7-16(15-5-3-14(13-26)4-6-15)11-17(19)8-10-20(21)23(18)25/h3-11,18,22-23H,2,12H2,1H3. The van der Waals surface area contributed by atoms with Crippen molar-refractivity contribution in [2.24, 2.45) is 5.92 Å². The molecule has 0 saturated carbocycles. The molecule has 0 N–H and O–H groups in total. The average molecular weight is 347 g/mol. The lowest BCUT2D eigenvalue weighted by Crippen LogP contribution is -2.28. The van der Waals surface area contributed by atoms with Gasteiger partial charge in [0.15, 0.2) is 0 Å². The van der Waals surface area contributed by atoms with Gasteiger partial charge in [-0.3, -0.25) is 0 Å². The second-order valence-corrected chi connectivity index (χ2v) is 6.95. The summed E-state index contributed by atoms with van der Waals surface area (Å²) in [6.07, 6.45) is -1.58. The van der Waals surface area contributed by atoms with Crippen LogP contribution in [-0.4, -0.2) is 6.17 Å². The molecule has 0 radical (unpaired) electrons. The van der Waals surface area contributed by atoms with E-state index in [9.17, 15) is 8.78 Å². The van der Waals surface area contributed by atoms with Crippen molar-refractivity contribution in [1.29, 1.82) is 5.26 Å². The summed E-state index contributed by atoms with van der Waals surface area (Å²) in [6, 6.07) is 19.3. The van der Waals surface area contributed by atoms with Crippen molar-refractivity contribution in [2.45, 2.75) is 32.1 Å². The molecule has 0 fully saturated rings. The molecule has 26 heavy (non-hydrogen) atoms. The van der Waals surface area contributed by atoms with Crippen LogP contribution in [-0.2, 0) is 6.42 Å². The van der Waals surface area contributed by atoms with Gasteiger partial charge in [0.1, 0.15) is 12.3 Å². The van der Waals surface area contributed by atoms with E-state index in [-0.39, 0.29) is 6.42 Å². The number of benzene rings is 3. The van der Waals surface area contributed by atoms with Gasteiger partial charge < -0.3 is 0 Å². The minimum Gasteiger partial charge on any atom is -0.247 e. The topological polar surface area (TPSA) is 23.8 Å². The molecule has 0 amide bonds. The van der Waals surface area contributed by atoms with Crippen molar-refractivity contribution in [3.63, 3.8) is 0 Å². The van der Waals surface area contributed by atoms with Crippen molar-refractivity contribution < 1.29 is 8.78 Å². The highest BCUT2D eigenvalue weighted by molar-refractivity contribution is 5.91. The van der Waals surface area contributed by atoms with Gasteiger partial charge in [-0.1, -0.05) is 43.3 Å². The number of fused-ring (bicyclic) bond motifs is 3. The first-order chi connectivity index (χ1) is 12.6. The largest absolute Gasteiger partial charge is 0.247 e. The van der Waals surface area contributed by atoms with Crippen molar-refractivity contribution in [2.75, 3.05) is 0 Å². The molecule has 4 rings (SSSR count). The number of nitrogens with zero attached hydrogens (tertiary/aromatic N) is 1. The smallest absolute Gasteiger partial charge is 0.131 e. The molecule has 1 aliphatic carbocycles. The second-order valence-electron chi connectivity index (χ2n) is 6.95. The molecule has 0 aromatic heterocycles. The summed E-state index contributed by atoms with van der Waals surface area (Å²) in [4.78, 5) is 0. The maximum absolute atomic E-state index is 14.8. The minimum atomic E-state index is -1.23. The van der Waals surface area contributed by atoms with Gasteiger partial charge in [-0.2, -0.15) is 5.26 Å². The highest BCUT2D eigenvalue weighted by Gasteiger charge is 2.36. The number of alkyl halides is 2. The summed E-state index contributed by atoms with van der Waals surface area (Å²) in [5.74, 6) is -0.544. The molecule has 0 bridgehead atoms. The van der Waals surface area contributed by atoms with Crippen LogP contribution in [0.1, 0.15) is 36.2 Å². The summed E-state index contributed by atoms with van der Waals surface area (Å²) in [6.45, 7) is 1.85. The third kappa shape index (κ3) is 2.66. The highest BCUT2D eigenvalue weighted by Crippen LogP contribution is 2.43. The van der Waals surface area contributed by atoms with Crippen molar-refractivity contribution in [3.8, 4) is 17.2 Å². The summed E-state index contributed by atoms with van der Waals surface area (Å²) >= 11 is 0. The Labute approximate surface area is 151 Å². The van der Waals surface area contributed by atoms with E-state index in [0.717, 1.165) is 27.5 Å². The lowest BCUT2D eigenvalue weighted by molar-refractivity contribution is 0.107. The Bertz CT molecular complexity index is 1000. The molecule has 130 valence electrons. The summed E-state index contributed by atoms with van der Waals surface area (Å²) in [5.41, 5.74) is 4.11. The van der Waals surface area contributed by atoms with Crippen LogP contribution >= 0.6 is 0 Å². The average Bonchev–Trinajstić information content (AvgIpc) is 2.68. The molecule has 3 heteroatoms. The Hall–Kier alpha value is -2.73. The van der Waals surface area contributed by atoms with Crippen LogP contribution in [0.15, 0.2) is 54.6 Å². The Kier molecular flexibility index (Phi) is 4.20. The van der Waals surface area contributed by atoms with Gasteiger partial charge in [-0.15, -0.1) is 0 Å². The fraction of sp³-hybridized carbons (Fsp3) is 0.261. The molecule has 3 aromatic carbocycles. The molecule has 3 unspecified atom stereocenters. The van der Waals surface area contributed by atoms with Crippen LogP contribution in [0.25, 0.3) is 21.9 Å². The van der Waals surface area contributed by atoms with Crippen molar-refractivity contribution >= 4 is 10.8 Å². The zero-order chi connectivity index (χ0) is 18.3. The zero-order valence-electron chi connectivity index (χ0n) is 14.5. The van der Waals surface area contributed by atoms with E-state index in [2.05, 4.69) is 6.07 Å². The van der Waals surface area contributed by atoms with Crippen LogP contribution in [0.5, 0.6) is 0 Å². The van der Waals surface area contributed by atoms with E-state index in [0.29, 0.717) is 17.5 Å². The van der Waals surface area contributed by atoms with Crippen LogP contribution in [0.2, 0.25) is 0 Å². The Morgan fingerprint density at radius 2 is 1.73 bits per heavy atom. The van der Waals surface area contributed by atoms with E-state index >= 15 is 0 Å². The van der Waals surface area contributed by atoms with Gasteiger partial charge in [0.05, 0.1) is 11.6 Å². The second kappa shape index (κ2) is 6.53. The van der Waals surface area contributed by atoms with E-state index < -0.39 is 18.3 Å². The lowest BCUT2D eigenvalue weighted by Gasteiger charge is -2.31. The monoisotopic (exact) mass is 347 g/mol. The fourth-order valence-corrected chi connectivity index (χ4v) is 4.04. The molecule has 1 aliphatic rings. The van der Waals surface area contributed by atoms with Crippen LogP contribution < -0.4 is 0 Å². The van der Waals surface area contributed by atoms with E-state index in [4.69, 9.17) is 5.26 Å². The Morgan fingerprint density at radius 1 is 1.00 bits per heavy atom. The maximum atomic E-state index is 14.8. The van der Waals surface area contributed by atoms with E-state index in [1.165, 1.54) is 0 Å². The number of hydrogen-bond donors (Lipinski definition) is 0. The lowest BCUT2D eigenvalue weighted by atomic mass is 9.78. The molecule has 3 aromatic rings. The van der Waals surface area contributed by atoms with Crippen LogP contribution in [0, 0.1) is 17.2 Å². The number of halogens is 2. The number of hydrogen-bond acceptors (Lipinski definition) is 1. The van der Waals surface area contributed by atoms with Gasteiger partial charge in [0.2, 0.25) is 0 Å². The van der Waals surface area contributed by atoms with E-state index in [1.54, 1.807) is 12.1 Å². The highest BCUT2D eigenvalue weighted by atomic mass is 19.1. The van der Waals surface area contributed by atoms with Gasteiger partial charge in [0.25, 0.3) is 0 Å². The first kappa shape index (κ1) is 16.7. The SMILES string of the molecule is CCC1C(F)Cc2c(ccc3cc(-c4ccc(C#N)cc4)ccc23)C1F. The molecular weight excluding hydrogens is 328 g/mol. The number of nitriles is 1. The molecule has 3 atom stereocenters. The molecule has 0 aliphatic heterocycles. The van der Waals surface area contributed by atoms with Gasteiger partial charge in [-0.25, -0.2) is 8.78 Å². The predicted molar refractivity (Wildman–Crippen MR) is 100 cm³/mol. The third-order valence-electron chi connectivity index (χ3n) is 5.52. The van der Waals surface area contributed by atoms with E-state index in [1.807, 2.05) is 49.4 Å². The molecular formula is C23H19F2N. The summed E-state index contributed by atoms with van der Waals surface area (Å²) < 4.78 is 29.2. The zero-order valence-corrected chi connectivity index (χ0v) is 14.5. The molecule has 0 saturated heterocycles. The summed E-state index contributed by atoms with van der Waals surface area (Å²) in [5, 5.41) is 10.8. The summed E-state index contributed by atoms with van der Waals surface area (Å²) in [7, 11) is 0. The minimum absolute atomic E-state index is 0.280. The normalized spacial score (nSPS) is 22.0. The predicted octanol–water partition coefficient (Wildman–Crippen LogP) is 6.31. The van der Waals surface area contributed by atoms with Crippen molar-refractivity contribution in [3.05, 3.63) is 71.3 Å². The van der Waals surface area contributed by atoms with Gasteiger partial charge in [-0.05, 0) is 57.6 Å². The third-order valence-corrected chi connectivity index (χ3v) is 5.52. The number of rotatable bonds is 2. The van der Waals surface area contributed by atoms with Crippen LogP contribution in [0.3, 0.4) is 0 Å². The van der Waals surface area contributed by atoms with Gasteiger partial charge in [0, 0.05) is 12.3 Å². The Balaban J connectivity index is 1.79. The molecule has 0 heterocycles. The molecule has 0 spiro atoms. The van der Waals surface area contributed by atoms with Crippen molar-refractivity contribution in [1.82, 2.24) is 0 Å². The van der Waals surface area contributed by atoms with Gasteiger partial charge >= 0.3 is 0 Å². The maximum Gasteiger partial charge on any atom is 0.131 e.